The smallest absolute Gasteiger partial charge is 0.258 e. The van der Waals surface area contributed by atoms with Gasteiger partial charge in [0.25, 0.3) is 5.56 Å². The lowest BCUT2D eigenvalue weighted by Crippen LogP contribution is -2.48. The highest BCUT2D eigenvalue weighted by Crippen LogP contribution is 2.12. The van der Waals surface area contributed by atoms with E-state index in [4.69, 9.17) is 0 Å². The Labute approximate surface area is 185 Å². The maximum Gasteiger partial charge on any atom is 0.258 e. The topological polar surface area (TPSA) is 86.6 Å². The van der Waals surface area contributed by atoms with E-state index in [0.29, 0.717) is 36.0 Å². The van der Waals surface area contributed by atoms with E-state index in [-0.39, 0.29) is 11.5 Å². The zero-order chi connectivity index (χ0) is 21.9. The number of rotatable bonds is 6. The number of aryl methyl sites for hydroxylation is 1. The van der Waals surface area contributed by atoms with Gasteiger partial charge in [0.1, 0.15) is 11.5 Å². The lowest BCUT2D eigenvalue weighted by atomic mass is 10.2. The Bertz CT molecular complexity index is 1270. The normalized spacial score (nSPS) is 14.9. The monoisotopic (exact) mass is 430 g/mol. The summed E-state index contributed by atoms with van der Waals surface area (Å²) in [4.78, 5) is 41.1. The van der Waals surface area contributed by atoms with Crippen LogP contribution >= 0.6 is 0 Å². The Kier molecular flexibility index (Phi) is 5.68. The summed E-state index contributed by atoms with van der Waals surface area (Å²) in [6.45, 7) is 3.96. The first kappa shape index (κ1) is 20.4. The maximum atomic E-state index is 12.6. The van der Waals surface area contributed by atoms with Gasteiger partial charge in [0.15, 0.2) is 0 Å². The Balaban J connectivity index is 1.10. The second-order valence-electron chi connectivity index (χ2n) is 8.24. The minimum atomic E-state index is -0.126. The van der Waals surface area contributed by atoms with Gasteiger partial charge < -0.3 is 14.3 Å². The fraction of sp³-hybridized carbons (Fsp3) is 0.333. The van der Waals surface area contributed by atoms with Crippen molar-refractivity contribution >= 4 is 22.5 Å². The van der Waals surface area contributed by atoms with Crippen LogP contribution in [0.1, 0.15) is 24.4 Å². The molecule has 8 nitrogen and oxygen atoms in total. The van der Waals surface area contributed by atoms with Gasteiger partial charge in [-0.1, -0.05) is 18.2 Å². The van der Waals surface area contributed by atoms with E-state index in [9.17, 15) is 9.59 Å². The number of H-pyrrole nitrogens is 1. The number of fused-ring (bicyclic) bond motifs is 2. The van der Waals surface area contributed by atoms with Crippen molar-refractivity contribution in [3.8, 4) is 0 Å². The number of piperazine rings is 1. The van der Waals surface area contributed by atoms with Crippen molar-refractivity contribution in [2.45, 2.75) is 25.8 Å². The molecule has 5 rings (SSSR count). The van der Waals surface area contributed by atoms with E-state index in [1.807, 2.05) is 51.9 Å². The SMILES string of the molecule is O=C(CCCc1nc2ccccc2c(=O)[nH]1)N1CCN(Cc2cn3ccccc3n2)CC1. The van der Waals surface area contributed by atoms with Crippen molar-refractivity contribution in [1.82, 2.24) is 29.2 Å². The molecule has 0 atom stereocenters. The summed E-state index contributed by atoms with van der Waals surface area (Å²) in [5.74, 6) is 0.805. The highest BCUT2D eigenvalue weighted by molar-refractivity contribution is 5.77. The van der Waals surface area contributed by atoms with Crippen molar-refractivity contribution in [3.05, 3.63) is 76.7 Å². The largest absolute Gasteiger partial charge is 0.340 e. The van der Waals surface area contributed by atoms with Gasteiger partial charge in [-0.25, -0.2) is 9.97 Å². The van der Waals surface area contributed by atoms with Gasteiger partial charge in [-0.05, 0) is 30.7 Å². The number of aromatic amines is 1. The molecular weight excluding hydrogens is 404 g/mol. The Morgan fingerprint density at radius 3 is 2.66 bits per heavy atom. The number of benzene rings is 1. The molecular formula is C24H26N6O2. The van der Waals surface area contributed by atoms with Crippen molar-refractivity contribution in [2.24, 2.45) is 0 Å². The number of aromatic nitrogens is 4. The zero-order valence-electron chi connectivity index (χ0n) is 17.9. The van der Waals surface area contributed by atoms with Crippen LogP contribution in [0, 0.1) is 0 Å². The van der Waals surface area contributed by atoms with Gasteiger partial charge in [0, 0.05) is 58.0 Å². The third kappa shape index (κ3) is 4.40. The molecule has 1 fully saturated rings. The molecule has 1 amide bonds. The van der Waals surface area contributed by atoms with Gasteiger partial charge in [-0.3, -0.25) is 14.5 Å². The minimum Gasteiger partial charge on any atom is -0.340 e. The number of nitrogens with zero attached hydrogens (tertiary/aromatic N) is 5. The molecule has 1 N–H and O–H groups in total. The highest BCUT2D eigenvalue weighted by Gasteiger charge is 2.21. The summed E-state index contributed by atoms with van der Waals surface area (Å²) in [5, 5.41) is 0.592. The molecule has 1 saturated heterocycles. The van der Waals surface area contributed by atoms with Crippen LogP contribution < -0.4 is 5.56 Å². The van der Waals surface area contributed by atoms with Crippen LogP contribution in [0.25, 0.3) is 16.6 Å². The van der Waals surface area contributed by atoms with Crippen LogP contribution in [0.3, 0.4) is 0 Å². The average Bonchev–Trinajstić information content (AvgIpc) is 3.22. The number of pyridine rings is 1. The van der Waals surface area contributed by atoms with Gasteiger partial charge in [-0.15, -0.1) is 0 Å². The van der Waals surface area contributed by atoms with Crippen LogP contribution in [0.4, 0.5) is 0 Å². The third-order valence-electron chi connectivity index (χ3n) is 5.99. The van der Waals surface area contributed by atoms with Gasteiger partial charge in [-0.2, -0.15) is 0 Å². The van der Waals surface area contributed by atoms with Crippen molar-refractivity contribution in [1.29, 1.82) is 0 Å². The molecule has 1 aliphatic rings. The van der Waals surface area contributed by atoms with Crippen molar-refractivity contribution in [3.63, 3.8) is 0 Å². The van der Waals surface area contributed by atoms with Crippen LogP contribution in [0.5, 0.6) is 0 Å². The van der Waals surface area contributed by atoms with E-state index in [2.05, 4.69) is 26.0 Å². The van der Waals surface area contributed by atoms with Crippen LogP contribution in [0.15, 0.2) is 59.7 Å². The second-order valence-corrected chi connectivity index (χ2v) is 8.24. The number of hydrogen-bond donors (Lipinski definition) is 1. The number of hydrogen-bond acceptors (Lipinski definition) is 5. The fourth-order valence-electron chi connectivity index (χ4n) is 4.27. The number of imidazole rings is 1. The van der Waals surface area contributed by atoms with E-state index in [1.165, 1.54) is 0 Å². The lowest BCUT2D eigenvalue weighted by Gasteiger charge is -2.34. The third-order valence-corrected chi connectivity index (χ3v) is 5.99. The molecule has 4 aromatic rings. The summed E-state index contributed by atoms with van der Waals surface area (Å²) < 4.78 is 2.03. The fourth-order valence-corrected chi connectivity index (χ4v) is 4.27. The summed E-state index contributed by atoms with van der Waals surface area (Å²) in [6, 6.07) is 13.3. The van der Waals surface area contributed by atoms with E-state index in [0.717, 1.165) is 44.1 Å². The number of nitrogens with one attached hydrogen (secondary N) is 1. The Morgan fingerprint density at radius 1 is 1.00 bits per heavy atom. The number of para-hydroxylation sites is 1. The predicted octanol–water partition coefficient (Wildman–Crippen LogP) is 2.24. The summed E-state index contributed by atoms with van der Waals surface area (Å²) in [6.07, 6.45) is 5.79. The lowest BCUT2D eigenvalue weighted by molar-refractivity contribution is -0.133. The molecule has 32 heavy (non-hydrogen) atoms. The molecule has 0 unspecified atom stereocenters. The molecule has 0 spiro atoms. The Morgan fingerprint density at radius 2 is 1.81 bits per heavy atom. The molecule has 1 aromatic carbocycles. The van der Waals surface area contributed by atoms with Crippen LogP contribution in [0.2, 0.25) is 0 Å². The highest BCUT2D eigenvalue weighted by atomic mass is 16.2. The number of amides is 1. The second kappa shape index (κ2) is 8.92. The van der Waals surface area contributed by atoms with Crippen molar-refractivity contribution in [2.75, 3.05) is 26.2 Å². The van der Waals surface area contributed by atoms with E-state index < -0.39 is 0 Å². The first-order valence-electron chi connectivity index (χ1n) is 11.1. The molecule has 0 radical (unpaired) electrons. The van der Waals surface area contributed by atoms with Gasteiger partial charge in [0.05, 0.1) is 16.6 Å². The Hall–Kier alpha value is -3.52. The number of carbonyl (C=O) groups is 1. The molecule has 8 heteroatoms. The summed E-state index contributed by atoms with van der Waals surface area (Å²) in [5.41, 5.74) is 2.57. The molecule has 1 aliphatic heterocycles. The average molecular weight is 431 g/mol. The van der Waals surface area contributed by atoms with Crippen molar-refractivity contribution < 1.29 is 4.79 Å². The molecule has 4 heterocycles. The zero-order valence-corrected chi connectivity index (χ0v) is 17.9. The predicted molar refractivity (Wildman–Crippen MR) is 122 cm³/mol. The standard InChI is InChI=1S/C24H26N6O2/c31-23(10-5-8-21-26-20-7-2-1-6-19(20)24(32)27-21)29-14-12-28(13-15-29)16-18-17-30-11-4-3-9-22(30)25-18/h1-4,6-7,9,11,17H,5,8,10,12-16H2,(H,26,27,32). The summed E-state index contributed by atoms with van der Waals surface area (Å²) in [7, 11) is 0. The molecule has 0 saturated carbocycles. The first-order chi connectivity index (χ1) is 15.7. The molecule has 164 valence electrons. The van der Waals surface area contributed by atoms with E-state index in [1.54, 1.807) is 6.07 Å². The first-order valence-corrected chi connectivity index (χ1v) is 11.1. The quantitative estimate of drug-likeness (QED) is 0.507. The summed E-state index contributed by atoms with van der Waals surface area (Å²) >= 11 is 0. The molecule has 3 aromatic heterocycles. The number of carbonyl (C=O) groups excluding carboxylic acids is 1. The maximum absolute atomic E-state index is 12.6. The van der Waals surface area contributed by atoms with E-state index >= 15 is 0 Å². The minimum absolute atomic E-state index is 0.126. The molecule has 0 bridgehead atoms. The van der Waals surface area contributed by atoms with Gasteiger partial charge >= 0.3 is 0 Å². The van der Waals surface area contributed by atoms with Crippen LogP contribution in [-0.2, 0) is 17.8 Å². The van der Waals surface area contributed by atoms with Gasteiger partial charge in [0.2, 0.25) is 5.91 Å². The van der Waals surface area contributed by atoms with Crippen LogP contribution in [-0.4, -0.2) is 61.2 Å². The molecule has 0 aliphatic carbocycles.